The van der Waals surface area contributed by atoms with E-state index in [-0.39, 0.29) is 23.3 Å². The Morgan fingerprint density at radius 3 is 2.73 bits per heavy atom. The van der Waals surface area contributed by atoms with Crippen LogP contribution in [0.5, 0.6) is 0 Å². The van der Waals surface area contributed by atoms with Crippen LogP contribution in [-0.4, -0.2) is 36.6 Å². The minimum absolute atomic E-state index is 0.0237. The van der Waals surface area contributed by atoms with Crippen molar-refractivity contribution in [1.29, 1.82) is 0 Å². The van der Waals surface area contributed by atoms with Crippen molar-refractivity contribution in [3.63, 3.8) is 0 Å². The van der Waals surface area contributed by atoms with E-state index in [1.54, 1.807) is 23.2 Å². The van der Waals surface area contributed by atoms with Crippen molar-refractivity contribution in [2.75, 3.05) is 30.0 Å². The first-order chi connectivity index (χ1) is 17.7. The molecule has 0 spiro atoms. The predicted octanol–water partition coefficient (Wildman–Crippen LogP) is 5.81. The second-order valence-electron chi connectivity index (χ2n) is 9.36. The number of carbonyl (C=O) groups excluding carboxylic acids is 2. The van der Waals surface area contributed by atoms with Crippen LogP contribution in [0.4, 0.5) is 24.7 Å². The van der Waals surface area contributed by atoms with E-state index in [4.69, 9.17) is 4.74 Å². The van der Waals surface area contributed by atoms with Gasteiger partial charge in [-0.2, -0.15) is 13.2 Å². The van der Waals surface area contributed by atoms with Gasteiger partial charge in [0.25, 0.3) is 5.91 Å². The molecule has 2 amide bonds. The molecule has 2 aliphatic heterocycles. The van der Waals surface area contributed by atoms with E-state index in [0.29, 0.717) is 31.3 Å². The van der Waals surface area contributed by atoms with E-state index in [9.17, 15) is 22.8 Å². The summed E-state index contributed by atoms with van der Waals surface area (Å²) >= 11 is 0. The zero-order valence-corrected chi connectivity index (χ0v) is 20.4. The molecule has 2 aliphatic rings. The molecule has 0 saturated carbocycles. The number of benzene rings is 2. The van der Waals surface area contributed by atoms with Crippen LogP contribution in [0.1, 0.15) is 46.3 Å². The van der Waals surface area contributed by atoms with Crippen molar-refractivity contribution in [2.24, 2.45) is 5.92 Å². The summed E-state index contributed by atoms with van der Waals surface area (Å²) in [6.45, 7) is 5.34. The number of amides is 2. The largest absolute Gasteiger partial charge is 0.416 e. The highest BCUT2D eigenvalue weighted by atomic mass is 19.4. The molecular formula is C28H26F3N3O3. The fourth-order valence-corrected chi connectivity index (χ4v) is 5.13. The number of nitrogens with one attached hydrogen (secondary N) is 1. The molecule has 0 unspecified atom stereocenters. The number of pyridine rings is 1. The Labute approximate surface area is 212 Å². The Hall–Kier alpha value is -3.72. The summed E-state index contributed by atoms with van der Waals surface area (Å²) < 4.78 is 44.8. The Balaban J connectivity index is 1.47. The summed E-state index contributed by atoms with van der Waals surface area (Å²) in [5.41, 5.74) is 3.11. The molecule has 9 heteroatoms. The quantitative estimate of drug-likeness (QED) is 0.482. The van der Waals surface area contributed by atoms with Crippen LogP contribution in [0.3, 0.4) is 0 Å². The number of rotatable bonds is 4. The second-order valence-corrected chi connectivity index (χ2v) is 9.36. The molecule has 3 heterocycles. The summed E-state index contributed by atoms with van der Waals surface area (Å²) in [6.07, 6.45) is -2.08. The molecule has 6 nitrogen and oxygen atoms in total. The first-order valence-electron chi connectivity index (χ1n) is 12.2. The second kappa shape index (κ2) is 9.63. The number of carbonyl (C=O) groups is 2. The fourth-order valence-electron chi connectivity index (χ4n) is 5.13. The molecule has 0 aliphatic carbocycles. The van der Waals surface area contributed by atoms with Gasteiger partial charge in [-0.3, -0.25) is 14.5 Å². The van der Waals surface area contributed by atoms with E-state index < -0.39 is 17.6 Å². The predicted molar refractivity (Wildman–Crippen MR) is 134 cm³/mol. The monoisotopic (exact) mass is 509 g/mol. The number of nitrogens with zero attached hydrogens (tertiary/aromatic N) is 2. The van der Waals surface area contributed by atoms with Crippen molar-refractivity contribution >= 4 is 23.3 Å². The number of halogens is 3. The normalized spacial score (nSPS) is 19.3. The van der Waals surface area contributed by atoms with Crippen LogP contribution in [0.15, 0.2) is 54.7 Å². The van der Waals surface area contributed by atoms with E-state index in [1.165, 1.54) is 12.1 Å². The maximum absolute atomic E-state index is 13.1. The van der Waals surface area contributed by atoms with Gasteiger partial charge >= 0.3 is 6.18 Å². The smallest absolute Gasteiger partial charge is 0.381 e. The van der Waals surface area contributed by atoms with Crippen molar-refractivity contribution in [3.05, 3.63) is 77.0 Å². The van der Waals surface area contributed by atoms with Gasteiger partial charge in [0.15, 0.2) is 0 Å². The molecule has 2 aromatic carbocycles. The third kappa shape index (κ3) is 4.71. The number of aryl methyl sites for hydroxylation is 1. The van der Waals surface area contributed by atoms with Gasteiger partial charge in [0.2, 0.25) is 5.91 Å². The lowest BCUT2D eigenvalue weighted by Gasteiger charge is -2.40. The molecule has 192 valence electrons. The Morgan fingerprint density at radius 1 is 1.16 bits per heavy atom. The van der Waals surface area contributed by atoms with Gasteiger partial charge in [0.05, 0.1) is 18.1 Å². The van der Waals surface area contributed by atoms with Gasteiger partial charge in [-0.05, 0) is 73.4 Å². The van der Waals surface area contributed by atoms with E-state index in [0.717, 1.165) is 40.8 Å². The van der Waals surface area contributed by atoms with E-state index in [1.807, 2.05) is 19.9 Å². The molecule has 0 bridgehead atoms. The Bertz CT molecular complexity index is 1370. The first kappa shape index (κ1) is 25.0. The molecule has 0 radical (unpaired) electrons. The highest BCUT2D eigenvalue weighted by Crippen LogP contribution is 2.44. The summed E-state index contributed by atoms with van der Waals surface area (Å²) in [6, 6.07) is 11.7. The molecule has 1 N–H and O–H groups in total. The highest BCUT2D eigenvalue weighted by Gasteiger charge is 2.42. The first-order valence-corrected chi connectivity index (χ1v) is 12.2. The number of anilines is 2. The van der Waals surface area contributed by atoms with Crippen LogP contribution in [0, 0.1) is 12.8 Å². The summed E-state index contributed by atoms with van der Waals surface area (Å²) in [4.78, 5) is 32.1. The number of fused-ring (bicyclic) bond motifs is 3. The average Bonchev–Trinajstić information content (AvgIpc) is 2.89. The van der Waals surface area contributed by atoms with Gasteiger partial charge in [0.1, 0.15) is 5.82 Å². The zero-order valence-electron chi connectivity index (χ0n) is 20.4. The van der Waals surface area contributed by atoms with Gasteiger partial charge in [-0.1, -0.05) is 12.1 Å². The molecule has 1 fully saturated rings. The molecule has 37 heavy (non-hydrogen) atoms. The summed E-state index contributed by atoms with van der Waals surface area (Å²) in [5.74, 6) is -0.138. The van der Waals surface area contributed by atoms with E-state index >= 15 is 0 Å². The molecule has 3 aromatic rings. The van der Waals surface area contributed by atoms with Crippen molar-refractivity contribution in [3.8, 4) is 11.1 Å². The van der Waals surface area contributed by atoms with Gasteiger partial charge in [0, 0.05) is 42.1 Å². The maximum atomic E-state index is 13.1. The number of aromatic nitrogens is 1. The van der Waals surface area contributed by atoms with Crippen LogP contribution in [0.2, 0.25) is 0 Å². The number of ether oxygens (including phenoxy) is 1. The van der Waals surface area contributed by atoms with Crippen molar-refractivity contribution < 1.29 is 27.5 Å². The van der Waals surface area contributed by atoms with E-state index in [2.05, 4.69) is 16.4 Å². The molecule has 5 rings (SSSR count). The fraction of sp³-hybridized carbons (Fsp3) is 0.321. The molecule has 1 saturated heterocycles. The van der Waals surface area contributed by atoms with Gasteiger partial charge in [-0.15, -0.1) is 0 Å². The molecule has 2 atom stereocenters. The topological polar surface area (TPSA) is 71.5 Å². The minimum atomic E-state index is -4.53. The van der Waals surface area contributed by atoms with Gasteiger partial charge < -0.3 is 10.1 Å². The SMILES string of the molecule is CCN1C(=O)[C@@H]2COCC[C@H]2c2cc(-c3cc(NC(=O)c4cccc(C(F)(F)F)c4)ccc3C)cnc21. The third-order valence-electron chi connectivity index (χ3n) is 7.06. The minimum Gasteiger partial charge on any atom is -0.381 e. The number of hydrogen-bond acceptors (Lipinski definition) is 4. The standard InChI is InChI=1S/C28H26F3N3O3/c1-3-34-25-23(21-9-10-37-15-24(21)27(34)36)12-18(14-32-25)22-13-20(8-7-16(22)2)33-26(35)17-5-4-6-19(11-17)28(29,30)31/h4-8,11-14,21,24H,3,9-10,15H2,1-2H3,(H,33,35)/t21-,24+/m0/s1. The van der Waals surface area contributed by atoms with Crippen LogP contribution < -0.4 is 10.2 Å². The van der Waals surface area contributed by atoms with Crippen molar-refractivity contribution in [2.45, 2.75) is 32.4 Å². The average molecular weight is 510 g/mol. The number of alkyl halides is 3. The van der Waals surface area contributed by atoms with Crippen LogP contribution >= 0.6 is 0 Å². The Morgan fingerprint density at radius 2 is 1.97 bits per heavy atom. The zero-order chi connectivity index (χ0) is 26.3. The Kier molecular flexibility index (Phi) is 6.49. The highest BCUT2D eigenvalue weighted by molar-refractivity contribution is 6.04. The lowest BCUT2D eigenvalue weighted by atomic mass is 9.78. The number of hydrogen-bond donors (Lipinski definition) is 1. The lowest BCUT2D eigenvalue weighted by Crippen LogP contribution is -2.47. The van der Waals surface area contributed by atoms with Crippen LogP contribution in [-0.2, 0) is 15.7 Å². The summed E-state index contributed by atoms with van der Waals surface area (Å²) in [5, 5.41) is 2.71. The summed E-state index contributed by atoms with van der Waals surface area (Å²) in [7, 11) is 0. The third-order valence-corrected chi connectivity index (χ3v) is 7.06. The lowest BCUT2D eigenvalue weighted by molar-refractivity contribution is -0.137. The maximum Gasteiger partial charge on any atom is 0.416 e. The molecular weight excluding hydrogens is 483 g/mol. The van der Waals surface area contributed by atoms with Crippen LogP contribution in [0.25, 0.3) is 11.1 Å². The molecule has 1 aromatic heterocycles. The van der Waals surface area contributed by atoms with Gasteiger partial charge in [-0.25, -0.2) is 4.98 Å². The van der Waals surface area contributed by atoms with Crippen molar-refractivity contribution in [1.82, 2.24) is 4.98 Å².